The molecule has 0 saturated carbocycles. The number of anilines is 3. The third-order valence-electron chi connectivity index (χ3n) is 3.94. The predicted octanol–water partition coefficient (Wildman–Crippen LogP) is 4.14. The van der Waals surface area contributed by atoms with Crippen LogP contribution in [0.25, 0.3) is 21.7 Å². The number of sulfone groups is 1. The van der Waals surface area contributed by atoms with Gasteiger partial charge in [-0.15, -0.1) is 0 Å². The number of nitrogens with two attached hydrogens (primary N) is 1. The van der Waals surface area contributed by atoms with Crippen molar-refractivity contribution in [2.45, 2.75) is 4.90 Å². The molecule has 0 atom stereocenters. The fourth-order valence-corrected chi connectivity index (χ4v) is 4.17. The molecule has 2 aromatic carbocycles. The molecule has 0 aliphatic carbocycles. The molecule has 0 aliphatic heterocycles. The number of aromatic nitrogens is 3. The van der Waals surface area contributed by atoms with Crippen molar-refractivity contribution in [1.29, 1.82) is 0 Å². The van der Waals surface area contributed by atoms with Crippen LogP contribution in [0.4, 0.5) is 16.6 Å². The Morgan fingerprint density at radius 3 is 2.43 bits per heavy atom. The molecule has 0 fully saturated rings. The van der Waals surface area contributed by atoms with Crippen LogP contribution in [0.2, 0.25) is 5.02 Å². The van der Waals surface area contributed by atoms with Crippen LogP contribution in [0, 0.1) is 0 Å². The lowest BCUT2D eigenvalue weighted by Gasteiger charge is -2.09. The summed E-state index contributed by atoms with van der Waals surface area (Å²) in [6, 6.07) is 13.7. The highest BCUT2D eigenvalue weighted by Crippen LogP contribution is 2.33. The molecule has 7 nitrogen and oxygen atoms in total. The number of hydrogen-bond acceptors (Lipinski definition) is 8. The Labute approximate surface area is 170 Å². The maximum atomic E-state index is 11.6. The number of nitrogen functional groups attached to an aromatic ring is 1. The molecule has 0 amide bonds. The molecule has 4 aromatic rings. The van der Waals surface area contributed by atoms with Gasteiger partial charge in [0.2, 0.25) is 0 Å². The quantitative estimate of drug-likeness (QED) is 0.499. The molecule has 0 bridgehead atoms. The summed E-state index contributed by atoms with van der Waals surface area (Å²) in [6.45, 7) is 0. The first-order chi connectivity index (χ1) is 13.3. The molecule has 142 valence electrons. The van der Waals surface area contributed by atoms with E-state index in [1.807, 2.05) is 18.2 Å². The average molecular weight is 432 g/mol. The fraction of sp³-hybridized carbons (Fsp3) is 0.0556. The molecule has 4 rings (SSSR count). The Morgan fingerprint density at radius 2 is 1.75 bits per heavy atom. The number of nitrogens with one attached hydrogen (secondary N) is 1. The van der Waals surface area contributed by atoms with Crippen molar-refractivity contribution in [2.75, 3.05) is 17.3 Å². The number of nitrogens with zero attached hydrogens (tertiary/aromatic N) is 3. The molecular weight excluding hydrogens is 418 g/mol. The molecule has 2 aromatic heterocycles. The molecule has 0 unspecified atom stereocenters. The van der Waals surface area contributed by atoms with Crippen molar-refractivity contribution in [3.8, 4) is 11.4 Å². The predicted molar refractivity (Wildman–Crippen MR) is 113 cm³/mol. The molecule has 3 N–H and O–H groups in total. The number of rotatable bonds is 4. The number of benzene rings is 2. The van der Waals surface area contributed by atoms with Gasteiger partial charge in [-0.05, 0) is 36.4 Å². The molecule has 0 spiro atoms. The Kier molecular flexibility index (Phi) is 4.66. The van der Waals surface area contributed by atoms with E-state index in [-0.39, 0.29) is 4.90 Å². The Hall–Kier alpha value is -2.75. The van der Waals surface area contributed by atoms with Crippen LogP contribution in [0.1, 0.15) is 0 Å². The van der Waals surface area contributed by atoms with Crippen molar-refractivity contribution < 1.29 is 8.42 Å². The topological polar surface area (TPSA) is 111 Å². The third kappa shape index (κ3) is 3.64. The monoisotopic (exact) mass is 431 g/mol. The lowest BCUT2D eigenvalue weighted by atomic mass is 10.2. The van der Waals surface area contributed by atoms with Crippen LogP contribution in [0.3, 0.4) is 0 Å². The van der Waals surface area contributed by atoms with E-state index in [1.54, 1.807) is 18.2 Å². The summed E-state index contributed by atoms with van der Waals surface area (Å²) in [4.78, 5) is 14.3. The van der Waals surface area contributed by atoms with E-state index in [0.29, 0.717) is 43.4 Å². The highest BCUT2D eigenvalue weighted by molar-refractivity contribution is 7.90. The van der Waals surface area contributed by atoms with E-state index in [4.69, 9.17) is 17.3 Å². The van der Waals surface area contributed by atoms with Gasteiger partial charge in [0.25, 0.3) is 0 Å². The summed E-state index contributed by atoms with van der Waals surface area (Å²) < 4.78 is 23.3. The van der Waals surface area contributed by atoms with Gasteiger partial charge in [-0.3, -0.25) is 0 Å². The number of hydrogen-bond donors (Lipinski definition) is 2. The summed E-state index contributed by atoms with van der Waals surface area (Å²) in [5, 5.41) is 4.07. The largest absolute Gasteiger partial charge is 0.375 e. The van der Waals surface area contributed by atoms with Gasteiger partial charge in [-0.2, -0.15) is 0 Å². The van der Waals surface area contributed by atoms with E-state index in [1.165, 1.54) is 23.5 Å². The van der Waals surface area contributed by atoms with Gasteiger partial charge in [0.15, 0.2) is 31.4 Å². The third-order valence-corrected chi connectivity index (χ3v) is 6.17. The van der Waals surface area contributed by atoms with Gasteiger partial charge in [0, 0.05) is 17.5 Å². The van der Waals surface area contributed by atoms with Crippen molar-refractivity contribution in [2.24, 2.45) is 0 Å². The van der Waals surface area contributed by atoms with Crippen molar-refractivity contribution in [3.05, 3.63) is 53.6 Å². The second kappa shape index (κ2) is 7.01. The summed E-state index contributed by atoms with van der Waals surface area (Å²) in [5.41, 5.74) is 7.74. The zero-order valence-electron chi connectivity index (χ0n) is 14.5. The van der Waals surface area contributed by atoms with Gasteiger partial charge in [-0.25, -0.2) is 23.4 Å². The van der Waals surface area contributed by atoms with Crippen molar-refractivity contribution in [3.63, 3.8) is 0 Å². The Morgan fingerprint density at radius 1 is 1.04 bits per heavy atom. The maximum absolute atomic E-state index is 11.6. The molecule has 0 radical (unpaired) electrons. The Balaban J connectivity index is 1.80. The summed E-state index contributed by atoms with van der Waals surface area (Å²) in [6.07, 6.45) is 1.16. The molecule has 28 heavy (non-hydrogen) atoms. The maximum Gasteiger partial charge on any atom is 0.182 e. The van der Waals surface area contributed by atoms with Gasteiger partial charge >= 0.3 is 0 Å². The first-order valence-electron chi connectivity index (χ1n) is 8.07. The minimum absolute atomic E-state index is 0.237. The fourth-order valence-electron chi connectivity index (χ4n) is 2.61. The first kappa shape index (κ1) is 18.6. The summed E-state index contributed by atoms with van der Waals surface area (Å²) >= 11 is 7.54. The Bertz CT molecular complexity index is 1290. The minimum atomic E-state index is -3.27. The van der Waals surface area contributed by atoms with Crippen LogP contribution in [0.15, 0.2) is 53.4 Å². The molecule has 2 heterocycles. The summed E-state index contributed by atoms with van der Waals surface area (Å²) in [7, 11) is -3.27. The number of thiazole rings is 1. The second-order valence-electron chi connectivity index (χ2n) is 6.00. The smallest absolute Gasteiger partial charge is 0.182 e. The van der Waals surface area contributed by atoms with Crippen LogP contribution >= 0.6 is 22.9 Å². The average Bonchev–Trinajstić information content (AvgIpc) is 3.02. The number of fused-ring (bicyclic) bond motifs is 1. The van der Waals surface area contributed by atoms with Crippen molar-refractivity contribution in [1.82, 2.24) is 15.0 Å². The highest BCUT2D eigenvalue weighted by atomic mass is 35.5. The molecular formula is C18H14ClN5O2S2. The van der Waals surface area contributed by atoms with Gasteiger partial charge in [-0.1, -0.05) is 35.1 Å². The van der Waals surface area contributed by atoms with E-state index in [2.05, 4.69) is 20.3 Å². The van der Waals surface area contributed by atoms with E-state index in [9.17, 15) is 8.42 Å². The van der Waals surface area contributed by atoms with Gasteiger partial charge < -0.3 is 11.1 Å². The highest BCUT2D eigenvalue weighted by Gasteiger charge is 2.16. The zero-order valence-corrected chi connectivity index (χ0v) is 16.9. The number of halogens is 1. The zero-order chi connectivity index (χ0) is 19.9. The van der Waals surface area contributed by atoms with E-state index >= 15 is 0 Å². The normalized spacial score (nSPS) is 11.6. The van der Waals surface area contributed by atoms with E-state index < -0.39 is 9.84 Å². The minimum Gasteiger partial charge on any atom is -0.375 e. The molecule has 0 saturated heterocycles. The molecule has 10 heteroatoms. The van der Waals surface area contributed by atoms with Crippen molar-refractivity contribution >= 4 is 59.8 Å². The van der Waals surface area contributed by atoms with Gasteiger partial charge in [0.1, 0.15) is 5.52 Å². The SMILES string of the molecule is CS(=O)(=O)c1ccc(Nc2nc(-c3ccccc3Cl)nc3sc(N)nc23)cc1. The summed E-state index contributed by atoms with van der Waals surface area (Å²) in [5.74, 6) is 0.900. The van der Waals surface area contributed by atoms with Crippen LogP contribution < -0.4 is 11.1 Å². The first-order valence-corrected chi connectivity index (χ1v) is 11.2. The second-order valence-corrected chi connectivity index (χ2v) is 9.44. The standard InChI is InChI=1S/C18H14ClN5O2S2/c1-28(25,26)11-8-6-10(7-9-11)21-16-14-17(27-18(20)22-14)24-15(23-16)12-4-2-3-5-13(12)19/h2-9H,1H3,(H2,20,22)(H,21,23,24). The van der Waals surface area contributed by atoms with E-state index in [0.717, 1.165) is 6.26 Å². The lowest BCUT2D eigenvalue weighted by molar-refractivity contribution is 0.602. The van der Waals surface area contributed by atoms with Crippen LogP contribution in [0.5, 0.6) is 0 Å². The van der Waals surface area contributed by atoms with Crippen LogP contribution in [-0.2, 0) is 9.84 Å². The molecule has 0 aliphatic rings. The lowest BCUT2D eigenvalue weighted by Crippen LogP contribution is -2.00. The van der Waals surface area contributed by atoms with Gasteiger partial charge in [0.05, 0.1) is 9.92 Å². The van der Waals surface area contributed by atoms with Crippen LogP contribution in [-0.4, -0.2) is 29.6 Å².